The number of nitrogens with one attached hydrogen (secondary N) is 2. The van der Waals surface area contributed by atoms with E-state index in [-0.39, 0.29) is 11.9 Å². The first-order chi connectivity index (χ1) is 8.75. The average molecular weight is 313 g/mol. The number of hydrogen-bond acceptors (Lipinski definition) is 3. The first-order valence-corrected chi connectivity index (χ1v) is 6.90. The molecule has 1 amide bonds. The van der Waals surface area contributed by atoms with Crippen molar-refractivity contribution in [3.05, 3.63) is 28.7 Å². The normalized spacial score (nSPS) is 16.3. The lowest BCUT2D eigenvalue weighted by atomic mass is 10.1. The first kappa shape index (κ1) is 13.4. The third-order valence-corrected chi connectivity index (χ3v) is 3.59. The summed E-state index contributed by atoms with van der Waals surface area (Å²) in [5.41, 5.74) is 0.930. The molecule has 0 saturated carbocycles. The highest BCUT2D eigenvalue weighted by molar-refractivity contribution is 9.10. The van der Waals surface area contributed by atoms with Gasteiger partial charge in [-0.3, -0.25) is 4.79 Å². The van der Waals surface area contributed by atoms with Crippen LogP contribution >= 0.6 is 15.9 Å². The van der Waals surface area contributed by atoms with Crippen molar-refractivity contribution in [2.75, 3.05) is 25.1 Å². The summed E-state index contributed by atoms with van der Waals surface area (Å²) < 4.78 is 6.22. The predicted molar refractivity (Wildman–Crippen MR) is 74.6 cm³/mol. The highest BCUT2D eigenvalue weighted by atomic mass is 79.9. The van der Waals surface area contributed by atoms with Crippen LogP contribution in [0.25, 0.3) is 0 Å². The number of carbonyl (C=O) groups excluding carboxylic acids is 1. The second-order valence-corrected chi connectivity index (χ2v) is 5.14. The van der Waals surface area contributed by atoms with Crippen LogP contribution in [0.15, 0.2) is 28.7 Å². The first-order valence-electron chi connectivity index (χ1n) is 6.11. The van der Waals surface area contributed by atoms with E-state index >= 15 is 0 Å². The molecule has 0 aromatic heterocycles. The molecule has 1 aliphatic heterocycles. The topological polar surface area (TPSA) is 50.4 Å². The minimum absolute atomic E-state index is 0.0256. The van der Waals surface area contributed by atoms with Crippen molar-refractivity contribution in [3.63, 3.8) is 0 Å². The number of carbonyl (C=O) groups is 1. The second-order valence-electron chi connectivity index (χ2n) is 4.29. The van der Waals surface area contributed by atoms with Gasteiger partial charge in [-0.1, -0.05) is 12.1 Å². The largest absolute Gasteiger partial charge is 0.381 e. The molecule has 1 heterocycles. The minimum Gasteiger partial charge on any atom is -0.381 e. The van der Waals surface area contributed by atoms with Crippen LogP contribution in [0.3, 0.4) is 0 Å². The summed E-state index contributed by atoms with van der Waals surface area (Å²) in [6, 6.07) is 8.01. The summed E-state index contributed by atoms with van der Waals surface area (Å²) in [5.74, 6) is 0.0256. The van der Waals surface area contributed by atoms with Crippen molar-refractivity contribution in [3.8, 4) is 0 Å². The monoisotopic (exact) mass is 312 g/mol. The van der Waals surface area contributed by atoms with Crippen LogP contribution in [-0.4, -0.2) is 31.7 Å². The average Bonchev–Trinajstić information content (AvgIpc) is 2.39. The quantitative estimate of drug-likeness (QED) is 0.895. The molecule has 0 radical (unpaired) electrons. The molecule has 0 unspecified atom stereocenters. The Labute approximate surface area is 115 Å². The van der Waals surface area contributed by atoms with Crippen LogP contribution in [0.2, 0.25) is 0 Å². The van der Waals surface area contributed by atoms with Gasteiger partial charge in [0, 0.05) is 29.4 Å². The van der Waals surface area contributed by atoms with Gasteiger partial charge >= 0.3 is 0 Å². The van der Waals surface area contributed by atoms with Crippen LogP contribution in [0.4, 0.5) is 5.69 Å². The van der Waals surface area contributed by atoms with Gasteiger partial charge in [0.25, 0.3) is 0 Å². The fourth-order valence-corrected chi connectivity index (χ4v) is 2.33. The van der Waals surface area contributed by atoms with E-state index in [1.807, 2.05) is 24.3 Å². The molecule has 1 aromatic carbocycles. The van der Waals surface area contributed by atoms with Crippen molar-refractivity contribution in [2.45, 2.75) is 18.9 Å². The number of hydrogen-bond donors (Lipinski definition) is 2. The number of benzene rings is 1. The SMILES string of the molecule is O=C(CNc1ccccc1Br)NC1CCOCC1. The van der Waals surface area contributed by atoms with Crippen molar-refractivity contribution in [1.82, 2.24) is 5.32 Å². The lowest BCUT2D eigenvalue weighted by Crippen LogP contribution is -2.41. The van der Waals surface area contributed by atoms with E-state index in [2.05, 4.69) is 26.6 Å². The zero-order valence-corrected chi connectivity index (χ0v) is 11.7. The number of anilines is 1. The molecule has 1 saturated heterocycles. The Hall–Kier alpha value is -1.07. The summed E-state index contributed by atoms with van der Waals surface area (Å²) in [6.07, 6.45) is 1.81. The maximum Gasteiger partial charge on any atom is 0.239 e. The molecular weight excluding hydrogens is 296 g/mol. The highest BCUT2D eigenvalue weighted by Crippen LogP contribution is 2.20. The molecule has 1 fully saturated rings. The summed E-state index contributed by atoms with van der Waals surface area (Å²) in [7, 11) is 0. The van der Waals surface area contributed by atoms with Gasteiger partial charge in [-0.05, 0) is 40.9 Å². The Morgan fingerprint density at radius 3 is 2.78 bits per heavy atom. The smallest absolute Gasteiger partial charge is 0.239 e. The summed E-state index contributed by atoms with van der Waals surface area (Å²) in [6.45, 7) is 1.77. The Morgan fingerprint density at radius 2 is 2.06 bits per heavy atom. The predicted octanol–water partition coefficient (Wildman–Crippen LogP) is 2.16. The van der Waals surface area contributed by atoms with Crippen LogP contribution in [0, 0.1) is 0 Å². The Bertz CT molecular complexity index is 406. The van der Waals surface area contributed by atoms with Crippen molar-refractivity contribution in [2.24, 2.45) is 0 Å². The zero-order valence-electron chi connectivity index (χ0n) is 10.1. The molecule has 2 rings (SSSR count). The standard InChI is InChI=1S/C13H17BrN2O2/c14-11-3-1-2-4-12(11)15-9-13(17)16-10-5-7-18-8-6-10/h1-4,10,15H,5-9H2,(H,16,17). The fourth-order valence-electron chi connectivity index (χ4n) is 1.90. The number of ether oxygens (including phenoxy) is 1. The molecule has 0 aliphatic carbocycles. The molecule has 1 aromatic rings. The Balaban J connectivity index is 1.76. The molecule has 0 atom stereocenters. The van der Waals surface area contributed by atoms with Crippen LogP contribution < -0.4 is 10.6 Å². The third-order valence-electron chi connectivity index (χ3n) is 2.90. The summed E-state index contributed by atoms with van der Waals surface area (Å²) >= 11 is 3.43. The van der Waals surface area contributed by atoms with Gasteiger partial charge in [-0.2, -0.15) is 0 Å². The van der Waals surface area contributed by atoms with E-state index in [0.29, 0.717) is 6.54 Å². The molecular formula is C13H17BrN2O2. The minimum atomic E-state index is 0.0256. The van der Waals surface area contributed by atoms with E-state index in [0.717, 1.165) is 36.2 Å². The van der Waals surface area contributed by atoms with E-state index < -0.39 is 0 Å². The van der Waals surface area contributed by atoms with Crippen LogP contribution in [-0.2, 0) is 9.53 Å². The maximum absolute atomic E-state index is 11.8. The van der Waals surface area contributed by atoms with Gasteiger partial charge in [0.05, 0.1) is 6.54 Å². The lowest BCUT2D eigenvalue weighted by Gasteiger charge is -2.23. The highest BCUT2D eigenvalue weighted by Gasteiger charge is 2.15. The zero-order chi connectivity index (χ0) is 12.8. The molecule has 18 heavy (non-hydrogen) atoms. The van der Waals surface area contributed by atoms with Gasteiger partial charge in [0.2, 0.25) is 5.91 Å². The summed E-state index contributed by atoms with van der Waals surface area (Å²) in [4.78, 5) is 11.8. The van der Waals surface area contributed by atoms with E-state index in [4.69, 9.17) is 4.74 Å². The van der Waals surface area contributed by atoms with Crippen molar-refractivity contribution in [1.29, 1.82) is 0 Å². The van der Waals surface area contributed by atoms with Gasteiger partial charge in [0.15, 0.2) is 0 Å². The van der Waals surface area contributed by atoms with Crippen molar-refractivity contribution < 1.29 is 9.53 Å². The molecule has 4 nitrogen and oxygen atoms in total. The van der Waals surface area contributed by atoms with E-state index in [9.17, 15) is 4.79 Å². The lowest BCUT2D eigenvalue weighted by molar-refractivity contribution is -0.120. The van der Waals surface area contributed by atoms with Gasteiger partial charge in [-0.15, -0.1) is 0 Å². The van der Waals surface area contributed by atoms with Crippen LogP contribution in [0.1, 0.15) is 12.8 Å². The van der Waals surface area contributed by atoms with E-state index in [1.165, 1.54) is 0 Å². The molecule has 5 heteroatoms. The second kappa shape index (κ2) is 6.75. The van der Waals surface area contributed by atoms with Crippen molar-refractivity contribution >= 4 is 27.5 Å². The third kappa shape index (κ3) is 3.99. The maximum atomic E-state index is 11.8. The van der Waals surface area contributed by atoms with E-state index in [1.54, 1.807) is 0 Å². The van der Waals surface area contributed by atoms with Gasteiger partial charge in [0.1, 0.15) is 0 Å². The molecule has 0 spiro atoms. The molecule has 98 valence electrons. The number of para-hydroxylation sites is 1. The number of amides is 1. The molecule has 1 aliphatic rings. The number of rotatable bonds is 4. The van der Waals surface area contributed by atoms with Crippen LogP contribution in [0.5, 0.6) is 0 Å². The van der Waals surface area contributed by atoms with Gasteiger partial charge in [-0.25, -0.2) is 0 Å². The Morgan fingerprint density at radius 1 is 1.33 bits per heavy atom. The summed E-state index contributed by atoms with van der Waals surface area (Å²) in [5, 5.41) is 6.12. The number of halogens is 1. The fraction of sp³-hybridized carbons (Fsp3) is 0.462. The molecule has 2 N–H and O–H groups in total. The Kier molecular flexibility index (Phi) is 5.01. The molecule has 0 bridgehead atoms. The van der Waals surface area contributed by atoms with Gasteiger partial charge < -0.3 is 15.4 Å².